The molecular formula is C29H28N4O3. The summed E-state index contributed by atoms with van der Waals surface area (Å²) in [4.78, 5) is 23.5. The van der Waals surface area contributed by atoms with Gasteiger partial charge in [0.05, 0.1) is 30.2 Å². The normalized spacial score (nSPS) is 13.5. The van der Waals surface area contributed by atoms with Crippen LogP contribution in [0.25, 0.3) is 33.1 Å². The van der Waals surface area contributed by atoms with E-state index in [1.807, 2.05) is 59.7 Å². The number of imidazole rings is 1. The highest BCUT2D eigenvalue weighted by Gasteiger charge is 2.25. The standard InChI is InChI=1S/C29H28N4O3/c1-4-33-25(16-21-6-5-7-27(35-3)28(21)33)29(34)32-12-13-36-26-11-9-19(14-22(26)17-32)20-8-10-23-24(15-20)31-18(2)30-23/h5-11,14-16H,4,12-13,17H2,1-3H3,(H,30,31). The van der Waals surface area contributed by atoms with E-state index in [9.17, 15) is 4.79 Å². The van der Waals surface area contributed by atoms with Crippen molar-refractivity contribution in [3.8, 4) is 22.6 Å². The molecule has 1 aliphatic rings. The van der Waals surface area contributed by atoms with E-state index in [4.69, 9.17) is 9.47 Å². The van der Waals surface area contributed by atoms with Crippen molar-refractivity contribution >= 4 is 27.8 Å². The summed E-state index contributed by atoms with van der Waals surface area (Å²) in [7, 11) is 1.66. The molecule has 0 bridgehead atoms. The molecule has 5 aromatic rings. The van der Waals surface area contributed by atoms with Crippen LogP contribution in [0.3, 0.4) is 0 Å². The van der Waals surface area contributed by atoms with Crippen LogP contribution in [0.1, 0.15) is 28.8 Å². The number of aromatic amines is 1. The molecule has 1 aliphatic heterocycles. The van der Waals surface area contributed by atoms with Crippen molar-refractivity contribution in [2.45, 2.75) is 26.9 Å². The summed E-state index contributed by atoms with van der Waals surface area (Å²) >= 11 is 0. The van der Waals surface area contributed by atoms with Crippen LogP contribution in [0.5, 0.6) is 11.5 Å². The minimum absolute atomic E-state index is 0.00805. The molecule has 3 heterocycles. The summed E-state index contributed by atoms with van der Waals surface area (Å²) in [6.45, 7) is 6.13. The third-order valence-corrected chi connectivity index (χ3v) is 6.90. The fourth-order valence-electron chi connectivity index (χ4n) is 5.19. The first-order valence-electron chi connectivity index (χ1n) is 12.2. The zero-order valence-corrected chi connectivity index (χ0v) is 20.7. The lowest BCUT2D eigenvalue weighted by Crippen LogP contribution is -2.33. The van der Waals surface area contributed by atoms with Crippen molar-refractivity contribution in [3.63, 3.8) is 0 Å². The van der Waals surface area contributed by atoms with E-state index in [2.05, 4.69) is 34.2 Å². The van der Waals surface area contributed by atoms with Gasteiger partial charge in [-0.2, -0.15) is 0 Å². The van der Waals surface area contributed by atoms with E-state index >= 15 is 0 Å². The van der Waals surface area contributed by atoms with Gasteiger partial charge in [0.1, 0.15) is 29.6 Å². The second kappa shape index (κ2) is 8.75. The predicted molar refractivity (Wildman–Crippen MR) is 141 cm³/mol. The number of rotatable bonds is 4. The summed E-state index contributed by atoms with van der Waals surface area (Å²) in [5.41, 5.74) is 6.74. The molecule has 7 heteroatoms. The highest BCUT2D eigenvalue weighted by molar-refractivity contribution is 6.00. The van der Waals surface area contributed by atoms with Crippen molar-refractivity contribution in [3.05, 3.63) is 77.7 Å². The van der Waals surface area contributed by atoms with E-state index in [1.165, 1.54) is 0 Å². The molecule has 1 amide bonds. The number of fused-ring (bicyclic) bond motifs is 3. The number of amides is 1. The number of para-hydroxylation sites is 1. The number of benzene rings is 3. The van der Waals surface area contributed by atoms with E-state index < -0.39 is 0 Å². The maximum Gasteiger partial charge on any atom is 0.270 e. The molecule has 0 aliphatic carbocycles. The van der Waals surface area contributed by atoms with E-state index in [-0.39, 0.29) is 5.91 Å². The average molecular weight is 481 g/mol. The van der Waals surface area contributed by atoms with Crippen LogP contribution in [0, 0.1) is 6.92 Å². The van der Waals surface area contributed by atoms with Gasteiger partial charge in [-0.1, -0.05) is 24.3 Å². The molecule has 6 rings (SSSR count). The molecule has 36 heavy (non-hydrogen) atoms. The number of methoxy groups -OCH3 is 1. The van der Waals surface area contributed by atoms with Gasteiger partial charge in [0.2, 0.25) is 0 Å². The van der Waals surface area contributed by atoms with Crippen LogP contribution >= 0.6 is 0 Å². The largest absolute Gasteiger partial charge is 0.495 e. The Hall–Kier alpha value is -4.26. The molecule has 7 nitrogen and oxygen atoms in total. The first-order chi connectivity index (χ1) is 17.6. The van der Waals surface area contributed by atoms with Crippen LogP contribution in [0.2, 0.25) is 0 Å². The minimum atomic E-state index is -0.00805. The Morgan fingerprint density at radius 3 is 2.78 bits per heavy atom. The lowest BCUT2D eigenvalue weighted by Gasteiger charge is -2.21. The van der Waals surface area contributed by atoms with Crippen molar-refractivity contribution < 1.29 is 14.3 Å². The van der Waals surface area contributed by atoms with Gasteiger partial charge in [-0.05, 0) is 61.4 Å². The molecule has 0 saturated carbocycles. The number of hydrogen-bond donors (Lipinski definition) is 1. The van der Waals surface area contributed by atoms with Crippen molar-refractivity contribution in [2.75, 3.05) is 20.3 Å². The number of aromatic nitrogens is 3. The first-order valence-corrected chi connectivity index (χ1v) is 12.2. The van der Waals surface area contributed by atoms with Crippen molar-refractivity contribution in [1.29, 1.82) is 0 Å². The Kier molecular flexibility index (Phi) is 5.40. The lowest BCUT2D eigenvalue weighted by molar-refractivity contribution is 0.0723. The average Bonchev–Trinajstić information content (AvgIpc) is 3.39. The number of nitrogens with one attached hydrogen (secondary N) is 1. The number of ether oxygens (including phenoxy) is 2. The maximum absolute atomic E-state index is 13.8. The summed E-state index contributed by atoms with van der Waals surface area (Å²) in [6, 6.07) is 20.3. The summed E-state index contributed by atoms with van der Waals surface area (Å²) in [6.07, 6.45) is 0. The Bertz CT molecular complexity index is 1610. The van der Waals surface area contributed by atoms with Gasteiger partial charge in [0.15, 0.2) is 0 Å². The quantitative estimate of drug-likeness (QED) is 0.366. The second-order valence-electron chi connectivity index (χ2n) is 9.12. The third kappa shape index (κ3) is 3.68. The van der Waals surface area contributed by atoms with Crippen LogP contribution < -0.4 is 9.47 Å². The molecule has 3 aromatic carbocycles. The molecule has 1 N–H and O–H groups in total. The Morgan fingerprint density at radius 2 is 1.94 bits per heavy atom. The number of nitrogens with zero attached hydrogens (tertiary/aromatic N) is 3. The highest BCUT2D eigenvalue weighted by Crippen LogP contribution is 2.33. The zero-order valence-electron chi connectivity index (χ0n) is 20.7. The lowest BCUT2D eigenvalue weighted by atomic mass is 10.0. The van der Waals surface area contributed by atoms with Crippen molar-refractivity contribution in [1.82, 2.24) is 19.4 Å². The highest BCUT2D eigenvalue weighted by atomic mass is 16.5. The van der Waals surface area contributed by atoms with Crippen molar-refractivity contribution in [2.24, 2.45) is 0 Å². The van der Waals surface area contributed by atoms with Crippen LogP contribution in [-0.4, -0.2) is 45.6 Å². The summed E-state index contributed by atoms with van der Waals surface area (Å²) in [5, 5.41) is 0.998. The van der Waals surface area contributed by atoms with Gasteiger partial charge in [-0.3, -0.25) is 4.79 Å². The summed E-state index contributed by atoms with van der Waals surface area (Å²) in [5.74, 6) is 2.48. The Labute approximate surface area is 209 Å². The van der Waals surface area contributed by atoms with Crippen LogP contribution in [-0.2, 0) is 13.1 Å². The molecule has 0 saturated heterocycles. The predicted octanol–water partition coefficient (Wildman–Crippen LogP) is 5.56. The van der Waals surface area contributed by atoms with Gasteiger partial charge >= 0.3 is 0 Å². The SMILES string of the molecule is CCn1c(C(=O)N2CCOc3ccc(-c4ccc5nc(C)[nH]c5c4)cc3C2)cc2cccc(OC)c21. The van der Waals surface area contributed by atoms with Crippen LogP contribution in [0.4, 0.5) is 0 Å². The van der Waals surface area contributed by atoms with Gasteiger partial charge in [-0.25, -0.2) is 4.98 Å². The molecule has 0 radical (unpaired) electrons. The minimum Gasteiger partial charge on any atom is -0.495 e. The van der Waals surface area contributed by atoms with E-state index in [0.29, 0.717) is 31.9 Å². The van der Waals surface area contributed by atoms with Gasteiger partial charge in [0, 0.05) is 24.0 Å². The Balaban J connectivity index is 1.35. The van der Waals surface area contributed by atoms with Gasteiger partial charge in [-0.15, -0.1) is 0 Å². The number of aryl methyl sites for hydroxylation is 2. The number of H-pyrrole nitrogens is 1. The molecule has 0 unspecified atom stereocenters. The number of hydrogen-bond acceptors (Lipinski definition) is 4. The second-order valence-corrected chi connectivity index (χ2v) is 9.12. The Morgan fingerprint density at radius 1 is 1.11 bits per heavy atom. The molecule has 2 aromatic heterocycles. The molecule has 0 fully saturated rings. The monoisotopic (exact) mass is 480 g/mol. The van der Waals surface area contributed by atoms with E-state index in [0.717, 1.165) is 56.0 Å². The first kappa shape index (κ1) is 22.2. The van der Waals surface area contributed by atoms with Crippen LogP contribution in [0.15, 0.2) is 60.7 Å². The fourth-order valence-corrected chi connectivity index (χ4v) is 5.19. The topological polar surface area (TPSA) is 72.4 Å². The smallest absolute Gasteiger partial charge is 0.270 e. The molecule has 0 atom stereocenters. The number of carbonyl (C=O) groups is 1. The third-order valence-electron chi connectivity index (χ3n) is 6.90. The fraction of sp³-hybridized carbons (Fsp3) is 0.241. The molecular weight excluding hydrogens is 452 g/mol. The van der Waals surface area contributed by atoms with Gasteiger partial charge < -0.3 is 23.9 Å². The molecule has 182 valence electrons. The number of carbonyl (C=O) groups excluding carboxylic acids is 1. The van der Waals surface area contributed by atoms with E-state index in [1.54, 1.807) is 7.11 Å². The molecule has 0 spiro atoms. The maximum atomic E-state index is 13.8. The summed E-state index contributed by atoms with van der Waals surface area (Å²) < 4.78 is 13.7. The van der Waals surface area contributed by atoms with Gasteiger partial charge in [0.25, 0.3) is 5.91 Å². The zero-order chi connectivity index (χ0) is 24.8.